The molecule has 0 spiro atoms. The highest BCUT2D eigenvalue weighted by Gasteiger charge is 2.30. The Balaban J connectivity index is 1.54. The van der Waals surface area contributed by atoms with Crippen LogP contribution >= 0.6 is 0 Å². The Bertz CT molecular complexity index is 688. The first-order valence-corrected chi connectivity index (χ1v) is 8.02. The van der Waals surface area contributed by atoms with E-state index in [-0.39, 0.29) is 18.2 Å². The standard InChI is InChI=1S/C16H20FN5O2/c1-2-22-10-12(9-19-22)24-14-5-3-4-13(14)20-16(23)21-15-7-6-11(17)8-18-15/h6-10,13-14H,2-5H2,1H3,(H2,18,20,21,23)/t13-,14+/m0/s1. The molecule has 2 aromatic rings. The van der Waals surface area contributed by atoms with Crippen molar-refractivity contribution >= 4 is 11.8 Å². The summed E-state index contributed by atoms with van der Waals surface area (Å²) < 4.78 is 20.6. The first kappa shape index (κ1) is 16.2. The fraction of sp³-hybridized carbons (Fsp3) is 0.438. The van der Waals surface area contributed by atoms with Crippen molar-refractivity contribution in [2.75, 3.05) is 5.32 Å². The highest BCUT2D eigenvalue weighted by Crippen LogP contribution is 2.24. The van der Waals surface area contributed by atoms with Gasteiger partial charge in [0.25, 0.3) is 0 Å². The normalized spacial score (nSPS) is 19.9. The summed E-state index contributed by atoms with van der Waals surface area (Å²) in [5.74, 6) is 0.558. The summed E-state index contributed by atoms with van der Waals surface area (Å²) in [6, 6.07) is 2.20. The first-order valence-electron chi connectivity index (χ1n) is 8.02. The van der Waals surface area contributed by atoms with E-state index in [4.69, 9.17) is 4.74 Å². The van der Waals surface area contributed by atoms with Crippen molar-refractivity contribution < 1.29 is 13.9 Å². The SMILES string of the molecule is CCn1cc(O[C@@H]2CCC[C@@H]2NC(=O)Nc2ccc(F)cn2)cn1. The van der Waals surface area contributed by atoms with Crippen molar-refractivity contribution in [1.29, 1.82) is 0 Å². The molecular formula is C16H20FN5O2. The van der Waals surface area contributed by atoms with E-state index < -0.39 is 5.82 Å². The fourth-order valence-electron chi connectivity index (χ4n) is 2.76. The molecule has 0 aliphatic heterocycles. The van der Waals surface area contributed by atoms with E-state index in [1.165, 1.54) is 12.1 Å². The zero-order chi connectivity index (χ0) is 16.9. The predicted molar refractivity (Wildman–Crippen MR) is 86.3 cm³/mol. The van der Waals surface area contributed by atoms with Gasteiger partial charge in [-0.15, -0.1) is 0 Å². The minimum Gasteiger partial charge on any atom is -0.485 e. The van der Waals surface area contributed by atoms with E-state index in [9.17, 15) is 9.18 Å². The van der Waals surface area contributed by atoms with Gasteiger partial charge in [0, 0.05) is 6.54 Å². The molecule has 0 bridgehead atoms. The zero-order valence-electron chi connectivity index (χ0n) is 13.4. The van der Waals surface area contributed by atoms with Gasteiger partial charge >= 0.3 is 6.03 Å². The van der Waals surface area contributed by atoms with E-state index >= 15 is 0 Å². The van der Waals surface area contributed by atoms with Crippen LogP contribution in [0.5, 0.6) is 5.75 Å². The zero-order valence-corrected chi connectivity index (χ0v) is 13.4. The van der Waals surface area contributed by atoms with Gasteiger partial charge in [0.15, 0.2) is 5.75 Å². The first-order chi connectivity index (χ1) is 11.6. The molecule has 0 unspecified atom stereocenters. The molecule has 0 saturated heterocycles. The third-order valence-corrected chi connectivity index (χ3v) is 3.96. The number of amides is 2. The van der Waals surface area contributed by atoms with Crippen molar-refractivity contribution in [2.45, 2.75) is 44.9 Å². The lowest BCUT2D eigenvalue weighted by Gasteiger charge is -2.21. The Morgan fingerprint density at radius 2 is 2.29 bits per heavy atom. The summed E-state index contributed by atoms with van der Waals surface area (Å²) in [5, 5.41) is 9.67. The van der Waals surface area contributed by atoms with Crippen molar-refractivity contribution in [2.24, 2.45) is 0 Å². The smallest absolute Gasteiger partial charge is 0.320 e. The lowest BCUT2D eigenvalue weighted by atomic mass is 10.2. The molecule has 2 atom stereocenters. The van der Waals surface area contributed by atoms with Crippen LogP contribution in [0.2, 0.25) is 0 Å². The van der Waals surface area contributed by atoms with Crippen molar-refractivity contribution in [3.63, 3.8) is 0 Å². The maximum atomic E-state index is 12.8. The Hall–Kier alpha value is -2.64. The third kappa shape index (κ3) is 4.01. The Kier molecular flexibility index (Phi) is 4.93. The summed E-state index contributed by atoms with van der Waals surface area (Å²) in [5.41, 5.74) is 0. The number of aromatic nitrogens is 3. The molecular weight excluding hydrogens is 313 g/mol. The average Bonchev–Trinajstić information content (AvgIpc) is 3.20. The summed E-state index contributed by atoms with van der Waals surface area (Å²) in [6.45, 7) is 2.79. The highest BCUT2D eigenvalue weighted by atomic mass is 19.1. The molecule has 1 aliphatic carbocycles. The molecule has 2 aromatic heterocycles. The van der Waals surface area contributed by atoms with Crippen LogP contribution in [-0.4, -0.2) is 32.9 Å². The number of rotatable bonds is 5. The van der Waals surface area contributed by atoms with Gasteiger partial charge < -0.3 is 10.1 Å². The molecule has 7 nitrogen and oxygen atoms in total. The molecule has 128 valence electrons. The van der Waals surface area contributed by atoms with E-state index in [1.807, 2.05) is 13.1 Å². The lowest BCUT2D eigenvalue weighted by Crippen LogP contribution is -2.44. The molecule has 1 saturated carbocycles. The number of hydrogen-bond acceptors (Lipinski definition) is 4. The molecule has 24 heavy (non-hydrogen) atoms. The summed E-state index contributed by atoms with van der Waals surface area (Å²) >= 11 is 0. The molecule has 2 heterocycles. The molecule has 0 radical (unpaired) electrons. The van der Waals surface area contributed by atoms with Crippen molar-refractivity contribution in [3.8, 4) is 5.75 Å². The quantitative estimate of drug-likeness (QED) is 0.881. The number of nitrogens with one attached hydrogen (secondary N) is 2. The number of urea groups is 1. The second kappa shape index (κ2) is 7.29. The van der Waals surface area contributed by atoms with Crippen LogP contribution in [0.1, 0.15) is 26.2 Å². The molecule has 2 amide bonds. The van der Waals surface area contributed by atoms with Crippen LogP contribution < -0.4 is 15.4 Å². The number of carbonyl (C=O) groups excluding carboxylic acids is 1. The summed E-state index contributed by atoms with van der Waals surface area (Å²) in [7, 11) is 0. The van der Waals surface area contributed by atoms with Gasteiger partial charge in [-0.3, -0.25) is 10.00 Å². The molecule has 3 rings (SSSR count). The number of halogens is 1. The summed E-state index contributed by atoms with van der Waals surface area (Å²) in [6.07, 6.45) is 7.19. The van der Waals surface area contributed by atoms with Gasteiger partial charge in [-0.2, -0.15) is 5.10 Å². The van der Waals surface area contributed by atoms with Crippen LogP contribution in [0.25, 0.3) is 0 Å². The molecule has 1 aliphatic rings. The maximum Gasteiger partial charge on any atom is 0.320 e. The van der Waals surface area contributed by atoms with Crippen LogP contribution in [0.3, 0.4) is 0 Å². The number of ether oxygens (including phenoxy) is 1. The average molecular weight is 333 g/mol. The van der Waals surface area contributed by atoms with E-state index in [1.54, 1.807) is 10.9 Å². The Morgan fingerprint density at radius 1 is 1.42 bits per heavy atom. The minimum atomic E-state index is -0.446. The predicted octanol–water partition coefficient (Wildman–Crippen LogP) is 2.56. The Labute approximate surface area is 139 Å². The van der Waals surface area contributed by atoms with Crippen LogP contribution in [-0.2, 0) is 6.54 Å². The van der Waals surface area contributed by atoms with Crippen molar-refractivity contribution in [1.82, 2.24) is 20.1 Å². The minimum absolute atomic E-state index is 0.0876. The molecule has 2 N–H and O–H groups in total. The van der Waals surface area contributed by atoms with Gasteiger partial charge in [0.2, 0.25) is 0 Å². The topological polar surface area (TPSA) is 81.1 Å². The van der Waals surface area contributed by atoms with Crippen LogP contribution in [0.15, 0.2) is 30.7 Å². The fourth-order valence-corrected chi connectivity index (χ4v) is 2.76. The van der Waals surface area contributed by atoms with E-state index in [0.717, 1.165) is 32.0 Å². The number of anilines is 1. The van der Waals surface area contributed by atoms with Gasteiger partial charge in [0.05, 0.1) is 24.6 Å². The van der Waals surface area contributed by atoms with Crippen LogP contribution in [0.4, 0.5) is 15.0 Å². The molecule has 8 heteroatoms. The van der Waals surface area contributed by atoms with Gasteiger partial charge in [-0.1, -0.05) is 0 Å². The molecule has 0 aromatic carbocycles. The number of pyridine rings is 1. The van der Waals surface area contributed by atoms with Gasteiger partial charge in [-0.25, -0.2) is 14.2 Å². The number of aryl methyl sites for hydroxylation is 1. The third-order valence-electron chi connectivity index (χ3n) is 3.96. The number of hydrogen-bond donors (Lipinski definition) is 2. The highest BCUT2D eigenvalue weighted by molar-refractivity contribution is 5.88. The second-order valence-electron chi connectivity index (χ2n) is 5.69. The number of nitrogens with zero attached hydrogens (tertiary/aromatic N) is 3. The van der Waals surface area contributed by atoms with E-state index in [0.29, 0.717) is 11.6 Å². The maximum absolute atomic E-state index is 12.8. The Morgan fingerprint density at radius 3 is 3.00 bits per heavy atom. The number of carbonyl (C=O) groups is 1. The largest absolute Gasteiger partial charge is 0.485 e. The van der Waals surface area contributed by atoms with E-state index in [2.05, 4.69) is 20.7 Å². The lowest BCUT2D eigenvalue weighted by molar-refractivity contribution is 0.175. The van der Waals surface area contributed by atoms with Gasteiger partial charge in [0.1, 0.15) is 17.7 Å². The monoisotopic (exact) mass is 333 g/mol. The van der Waals surface area contributed by atoms with Crippen LogP contribution in [0, 0.1) is 5.82 Å². The van der Waals surface area contributed by atoms with Gasteiger partial charge in [-0.05, 0) is 38.3 Å². The summed E-state index contributed by atoms with van der Waals surface area (Å²) in [4.78, 5) is 15.9. The van der Waals surface area contributed by atoms with Crippen molar-refractivity contribution in [3.05, 3.63) is 36.5 Å². The molecule has 1 fully saturated rings. The second-order valence-corrected chi connectivity index (χ2v) is 5.69.